The molecule has 0 bridgehead atoms. The van der Waals surface area contributed by atoms with Crippen LogP contribution in [0.2, 0.25) is 0 Å². The SMILES string of the molecule is Cc1ccc2c(c1)C(C1=C(O)CCCC1=O)C1=C(CCCC1=O)O2. The van der Waals surface area contributed by atoms with Crippen molar-refractivity contribution < 1.29 is 19.4 Å². The summed E-state index contributed by atoms with van der Waals surface area (Å²) in [6.45, 7) is 1.97. The quantitative estimate of drug-likeness (QED) is 0.846. The van der Waals surface area contributed by atoms with Gasteiger partial charge in [0.05, 0.1) is 11.7 Å². The molecule has 2 aliphatic carbocycles. The Bertz CT molecular complexity index is 813. The van der Waals surface area contributed by atoms with Crippen LogP contribution in [-0.2, 0) is 9.59 Å². The van der Waals surface area contributed by atoms with E-state index in [9.17, 15) is 14.7 Å². The Kier molecular flexibility index (Phi) is 3.56. The Morgan fingerprint density at radius 2 is 1.71 bits per heavy atom. The van der Waals surface area contributed by atoms with Crippen molar-refractivity contribution in [3.05, 3.63) is 52.0 Å². The van der Waals surface area contributed by atoms with Crippen molar-refractivity contribution in [2.45, 2.75) is 51.4 Å². The van der Waals surface area contributed by atoms with Crippen molar-refractivity contribution in [3.8, 4) is 5.75 Å². The molecule has 1 heterocycles. The average molecular weight is 324 g/mol. The molecule has 0 fully saturated rings. The van der Waals surface area contributed by atoms with Gasteiger partial charge in [-0.2, -0.15) is 0 Å². The number of carbonyl (C=O) groups excluding carboxylic acids is 2. The first-order valence-electron chi connectivity index (χ1n) is 8.56. The minimum absolute atomic E-state index is 0.0343. The molecule has 0 saturated carbocycles. The Hall–Kier alpha value is -2.36. The van der Waals surface area contributed by atoms with Crippen molar-refractivity contribution in [2.75, 3.05) is 0 Å². The Morgan fingerprint density at radius 3 is 2.46 bits per heavy atom. The summed E-state index contributed by atoms with van der Waals surface area (Å²) in [5.74, 6) is 1.000. The third-order valence-electron chi connectivity index (χ3n) is 5.12. The number of aliphatic hydroxyl groups is 1. The van der Waals surface area contributed by atoms with Crippen LogP contribution < -0.4 is 4.74 Å². The molecule has 0 amide bonds. The van der Waals surface area contributed by atoms with Gasteiger partial charge in [0, 0.05) is 42.4 Å². The van der Waals surface area contributed by atoms with Crippen LogP contribution in [0.15, 0.2) is 40.9 Å². The lowest BCUT2D eigenvalue weighted by Crippen LogP contribution is -2.29. The van der Waals surface area contributed by atoms with Gasteiger partial charge in [-0.15, -0.1) is 0 Å². The summed E-state index contributed by atoms with van der Waals surface area (Å²) in [5.41, 5.74) is 2.84. The molecule has 0 aromatic heterocycles. The largest absolute Gasteiger partial charge is 0.512 e. The molecule has 4 heteroatoms. The van der Waals surface area contributed by atoms with Gasteiger partial charge < -0.3 is 9.84 Å². The van der Waals surface area contributed by atoms with Crippen LogP contribution in [0.5, 0.6) is 5.75 Å². The van der Waals surface area contributed by atoms with E-state index in [1.165, 1.54) is 0 Å². The number of fused-ring (bicyclic) bond motifs is 1. The van der Waals surface area contributed by atoms with Crippen molar-refractivity contribution in [1.29, 1.82) is 0 Å². The number of allylic oxidation sites excluding steroid dienone is 4. The summed E-state index contributed by atoms with van der Waals surface area (Å²) < 4.78 is 6.00. The normalized spacial score (nSPS) is 23.8. The minimum Gasteiger partial charge on any atom is -0.512 e. The summed E-state index contributed by atoms with van der Waals surface area (Å²) >= 11 is 0. The van der Waals surface area contributed by atoms with Gasteiger partial charge in [-0.25, -0.2) is 0 Å². The molecule has 4 nitrogen and oxygen atoms in total. The number of ketones is 2. The number of hydrogen-bond donors (Lipinski definition) is 1. The summed E-state index contributed by atoms with van der Waals surface area (Å²) in [6.07, 6.45) is 3.53. The second kappa shape index (κ2) is 5.62. The third kappa shape index (κ3) is 2.29. The summed E-state index contributed by atoms with van der Waals surface area (Å²) in [7, 11) is 0. The number of hydrogen-bond acceptors (Lipinski definition) is 4. The van der Waals surface area contributed by atoms with Crippen molar-refractivity contribution in [1.82, 2.24) is 0 Å². The lowest BCUT2D eigenvalue weighted by molar-refractivity contribution is -0.117. The van der Waals surface area contributed by atoms with Gasteiger partial charge >= 0.3 is 0 Å². The highest BCUT2D eigenvalue weighted by Crippen LogP contribution is 2.48. The number of aliphatic hydroxyl groups excluding tert-OH is 1. The average Bonchev–Trinajstić information content (AvgIpc) is 2.54. The van der Waals surface area contributed by atoms with Crippen molar-refractivity contribution in [2.24, 2.45) is 0 Å². The van der Waals surface area contributed by atoms with Gasteiger partial charge in [-0.05, 0) is 25.8 Å². The minimum atomic E-state index is -0.482. The van der Waals surface area contributed by atoms with Gasteiger partial charge in [-0.3, -0.25) is 9.59 Å². The predicted molar refractivity (Wildman–Crippen MR) is 88.9 cm³/mol. The summed E-state index contributed by atoms with van der Waals surface area (Å²) in [5, 5.41) is 10.4. The fourth-order valence-corrected chi connectivity index (χ4v) is 4.01. The van der Waals surface area contributed by atoms with E-state index in [2.05, 4.69) is 0 Å². The highest BCUT2D eigenvalue weighted by atomic mass is 16.5. The van der Waals surface area contributed by atoms with E-state index in [1.54, 1.807) is 0 Å². The molecular formula is C20H20O4. The smallest absolute Gasteiger partial charge is 0.163 e. The molecular weight excluding hydrogens is 304 g/mol. The lowest BCUT2D eigenvalue weighted by Gasteiger charge is -2.34. The highest BCUT2D eigenvalue weighted by Gasteiger charge is 2.41. The molecule has 1 aromatic carbocycles. The fraction of sp³-hybridized carbons (Fsp3) is 0.400. The van der Waals surface area contributed by atoms with Gasteiger partial charge in [0.15, 0.2) is 11.6 Å². The van der Waals surface area contributed by atoms with Crippen LogP contribution in [0.25, 0.3) is 0 Å². The molecule has 1 aliphatic heterocycles. The molecule has 4 rings (SSSR count). The van der Waals surface area contributed by atoms with E-state index in [0.29, 0.717) is 54.8 Å². The second-order valence-electron chi connectivity index (χ2n) is 6.83. The maximum absolute atomic E-state index is 12.6. The molecule has 124 valence electrons. The maximum Gasteiger partial charge on any atom is 0.163 e. The zero-order chi connectivity index (χ0) is 16.8. The maximum atomic E-state index is 12.6. The van der Waals surface area contributed by atoms with E-state index in [0.717, 1.165) is 17.5 Å². The first-order valence-corrected chi connectivity index (χ1v) is 8.56. The number of Topliss-reactive ketones (excluding diaryl/α,β-unsaturated/α-hetero) is 2. The van der Waals surface area contributed by atoms with E-state index in [-0.39, 0.29) is 17.3 Å². The highest BCUT2D eigenvalue weighted by molar-refractivity contribution is 6.05. The number of rotatable bonds is 1. The van der Waals surface area contributed by atoms with Crippen LogP contribution in [0.4, 0.5) is 0 Å². The van der Waals surface area contributed by atoms with Crippen LogP contribution in [0, 0.1) is 6.92 Å². The zero-order valence-electron chi connectivity index (χ0n) is 13.7. The lowest BCUT2D eigenvalue weighted by atomic mass is 9.73. The molecule has 1 aromatic rings. The number of aryl methyl sites for hydroxylation is 1. The summed E-state index contributed by atoms with van der Waals surface area (Å²) in [4.78, 5) is 25.2. The van der Waals surface area contributed by atoms with E-state index in [4.69, 9.17) is 4.74 Å². The molecule has 24 heavy (non-hydrogen) atoms. The van der Waals surface area contributed by atoms with Crippen LogP contribution >= 0.6 is 0 Å². The first kappa shape index (κ1) is 15.2. The molecule has 1 N–H and O–H groups in total. The number of carbonyl (C=O) groups is 2. The van der Waals surface area contributed by atoms with Gasteiger partial charge in [0.25, 0.3) is 0 Å². The summed E-state index contributed by atoms with van der Waals surface area (Å²) in [6, 6.07) is 5.82. The molecule has 0 radical (unpaired) electrons. The monoisotopic (exact) mass is 324 g/mol. The standard InChI is InChI=1S/C20H20O4/c1-11-8-9-16-12(10-11)18(19-13(21)4-2-5-14(19)22)20-15(23)6-3-7-17(20)24-16/h8-10,18,21H,2-7H2,1H3. The van der Waals surface area contributed by atoms with Gasteiger partial charge in [0.2, 0.25) is 0 Å². The van der Waals surface area contributed by atoms with E-state index in [1.807, 2.05) is 25.1 Å². The molecule has 1 atom stereocenters. The topological polar surface area (TPSA) is 63.6 Å². The molecule has 0 spiro atoms. The first-order chi connectivity index (χ1) is 11.6. The van der Waals surface area contributed by atoms with E-state index >= 15 is 0 Å². The van der Waals surface area contributed by atoms with Crippen molar-refractivity contribution in [3.63, 3.8) is 0 Å². The molecule has 1 unspecified atom stereocenters. The molecule has 0 saturated heterocycles. The van der Waals surface area contributed by atoms with Gasteiger partial charge in [0.1, 0.15) is 11.5 Å². The zero-order valence-corrected chi connectivity index (χ0v) is 13.7. The van der Waals surface area contributed by atoms with Crippen LogP contribution in [0.3, 0.4) is 0 Å². The number of benzene rings is 1. The van der Waals surface area contributed by atoms with Gasteiger partial charge in [-0.1, -0.05) is 17.7 Å². The predicted octanol–water partition coefficient (Wildman–Crippen LogP) is 4.04. The van der Waals surface area contributed by atoms with Crippen molar-refractivity contribution >= 4 is 11.6 Å². The van der Waals surface area contributed by atoms with Crippen LogP contribution in [0.1, 0.15) is 55.6 Å². The third-order valence-corrected chi connectivity index (χ3v) is 5.12. The Labute approximate surface area is 140 Å². The Balaban J connectivity index is 1.97. The van der Waals surface area contributed by atoms with Crippen LogP contribution in [-0.4, -0.2) is 16.7 Å². The Morgan fingerprint density at radius 1 is 1.00 bits per heavy atom. The number of ether oxygens (including phenoxy) is 1. The second-order valence-corrected chi connectivity index (χ2v) is 6.83. The molecule has 3 aliphatic rings. The fourth-order valence-electron chi connectivity index (χ4n) is 4.01. The van der Waals surface area contributed by atoms with E-state index < -0.39 is 5.92 Å².